The van der Waals surface area contributed by atoms with Gasteiger partial charge in [0.2, 0.25) is 0 Å². The van der Waals surface area contributed by atoms with Crippen molar-refractivity contribution in [2.24, 2.45) is 0 Å². The molecule has 94 valence electrons. The number of nitrogens with two attached hydrogens (primary N) is 1. The fourth-order valence-corrected chi connectivity index (χ4v) is 1.76. The highest BCUT2D eigenvalue weighted by Crippen LogP contribution is 2.29. The van der Waals surface area contributed by atoms with E-state index in [1.165, 1.54) is 13.2 Å². The molecule has 2 aromatic rings. The second-order valence-electron chi connectivity index (χ2n) is 3.71. The van der Waals surface area contributed by atoms with Crippen LogP contribution in [0.1, 0.15) is 0 Å². The van der Waals surface area contributed by atoms with Crippen LogP contribution in [-0.2, 0) is 0 Å². The van der Waals surface area contributed by atoms with Crippen LogP contribution in [0.4, 0.5) is 21.5 Å². The second kappa shape index (κ2) is 5.14. The highest BCUT2D eigenvalue weighted by molar-refractivity contribution is 6.33. The first-order chi connectivity index (χ1) is 8.60. The van der Waals surface area contributed by atoms with E-state index in [9.17, 15) is 4.39 Å². The maximum Gasteiger partial charge on any atom is 0.165 e. The maximum absolute atomic E-state index is 13.2. The number of hydrogen-bond acceptors (Lipinski definition) is 3. The molecule has 0 amide bonds. The van der Waals surface area contributed by atoms with E-state index < -0.39 is 5.82 Å². The van der Waals surface area contributed by atoms with Gasteiger partial charge >= 0.3 is 0 Å². The van der Waals surface area contributed by atoms with E-state index in [0.717, 1.165) is 0 Å². The first-order valence-electron chi connectivity index (χ1n) is 5.26. The molecule has 18 heavy (non-hydrogen) atoms. The number of hydrogen-bond donors (Lipinski definition) is 2. The van der Waals surface area contributed by atoms with Crippen LogP contribution in [0.15, 0.2) is 36.4 Å². The fourth-order valence-electron chi connectivity index (χ4n) is 1.53. The Morgan fingerprint density at radius 2 is 2.00 bits per heavy atom. The number of halogens is 2. The summed E-state index contributed by atoms with van der Waals surface area (Å²) in [7, 11) is 1.42. The van der Waals surface area contributed by atoms with Gasteiger partial charge in [0.05, 0.1) is 17.8 Å². The molecule has 0 atom stereocenters. The van der Waals surface area contributed by atoms with Crippen LogP contribution in [0.5, 0.6) is 5.75 Å². The molecular weight excluding hydrogens is 255 g/mol. The van der Waals surface area contributed by atoms with Crippen LogP contribution in [0.3, 0.4) is 0 Å². The van der Waals surface area contributed by atoms with Crippen molar-refractivity contribution in [3.8, 4) is 5.75 Å². The molecule has 0 aliphatic heterocycles. The Morgan fingerprint density at radius 3 is 2.67 bits per heavy atom. The van der Waals surface area contributed by atoms with Gasteiger partial charge in [0.1, 0.15) is 0 Å². The molecule has 0 fully saturated rings. The number of benzene rings is 2. The zero-order chi connectivity index (χ0) is 13.1. The highest BCUT2D eigenvalue weighted by atomic mass is 35.5. The van der Waals surface area contributed by atoms with E-state index in [2.05, 4.69) is 5.32 Å². The predicted molar refractivity (Wildman–Crippen MR) is 72.1 cm³/mol. The Morgan fingerprint density at radius 1 is 1.22 bits per heavy atom. The second-order valence-corrected chi connectivity index (χ2v) is 4.12. The summed E-state index contributed by atoms with van der Waals surface area (Å²) in [5.41, 5.74) is 7.56. The van der Waals surface area contributed by atoms with Crippen LogP contribution < -0.4 is 15.8 Å². The lowest BCUT2D eigenvalue weighted by atomic mass is 10.2. The van der Waals surface area contributed by atoms with Crippen molar-refractivity contribution in [1.82, 2.24) is 0 Å². The Hall–Kier alpha value is -1.94. The maximum atomic E-state index is 13.2. The van der Waals surface area contributed by atoms with Gasteiger partial charge in [0.25, 0.3) is 0 Å². The molecule has 0 saturated heterocycles. The topological polar surface area (TPSA) is 47.3 Å². The van der Waals surface area contributed by atoms with Crippen LogP contribution >= 0.6 is 11.6 Å². The van der Waals surface area contributed by atoms with E-state index in [1.54, 1.807) is 30.3 Å². The Labute approximate surface area is 109 Å². The number of methoxy groups -OCH3 is 1. The van der Waals surface area contributed by atoms with Crippen molar-refractivity contribution in [2.45, 2.75) is 0 Å². The van der Waals surface area contributed by atoms with Crippen LogP contribution in [0, 0.1) is 5.82 Å². The van der Waals surface area contributed by atoms with Gasteiger partial charge in [-0.1, -0.05) is 11.6 Å². The molecule has 0 aliphatic rings. The monoisotopic (exact) mass is 266 g/mol. The molecule has 0 bridgehead atoms. The van der Waals surface area contributed by atoms with Crippen LogP contribution in [-0.4, -0.2) is 7.11 Å². The molecular formula is C13H12ClFN2O. The van der Waals surface area contributed by atoms with Crippen molar-refractivity contribution in [3.05, 3.63) is 47.2 Å². The minimum atomic E-state index is -0.411. The third-order valence-electron chi connectivity index (χ3n) is 2.42. The Balaban J connectivity index is 2.28. The average Bonchev–Trinajstić information content (AvgIpc) is 2.35. The van der Waals surface area contributed by atoms with Gasteiger partial charge in [-0.2, -0.15) is 0 Å². The van der Waals surface area contributed by atoms with Gasteiger partial charge in [-0.05, 0) is 30.3 Å². The molecule has 5 heteroatoms. The van der Waals surface area contributed by atoms with Crippen LogP contribution in [0.2, 0.25) is 5.02 Å². The van der Waals surface area contributed by atoms with Gasteiger partial charge < -0.3 is 15.8 Å². The van der Waals surface area contributed by atoms with Crippen molar-refractivity contribution < 1.29 is 9.13 Å². The van der Waals surface area contributed by atoms with E-state index in [1.807, 2.05) is 0 Å². The number of nitrogens with one attached hydrogen (secondary N) is 1. The molecule has 0 saturated carbocycles. The third kappa shape index (κ3) is 2.65. The molecule has 0 heterocycles. The van der Waals surface area contributed by atoms with Gasteiger partial charge in [-0.15, -0.1) is 0 Å². The number of ether oxygens (including phenoxy) is 1. The summed E-state index contributed by atoms with van der Waals surface area (Å²) in [6.45, 7) is 0. The summed E-state index contributed by atoms with van der Waals surface area (Å²) < 4.78 is 18.2. The molecule has 2 rings (SSSR count). The smallest absolute Gasteiger partial charge is 0.165 e. The van der Waals surface area contributed by atoms with E-state index >= 15 is 0 Å². The van der Waals surface area contributed by atoms with Crippen molar-refractivity contribution >= 4 is 28.7 Å². The zero-order valence-corrected chi connectivity index (χ0v) is 10.5. The summed E-state index contributed by atoms with van der Waals surface area (Å²) in [5, 5.41) is 3.57. The largest absolute Gasteiger partial charge is 0.494 e. The normalized spacial score (nSPS) is 10.2. The lowest BCUT2D eigenvalue weighted by molar-refractivity contribution is 0.387. The third-order valence-corrected chi connectivity index (χ3v) is 2.74. The van der Waals surface area contributed by atoms with E-state index in [-0.39, 0.29) is 5.75 Å². The van der Waals surface area contributed by atoms with Crippen molar-refractivity contribution in [1.29, 1.82) is 0 Å². The molecule has 0 unspecified atom stereocenters. The standard InChI is InChI=1S/C13H12ClFN2O/c1-18-13-7-9(3-4-11(13)15)17-12-5-2-8(16)6-10(12)14/h2-7,17H,16H2,1H3. The minimum absolute atomic E-state index is 0.173. The first-order valence-corrected chi connectivity index (χ1v) is 5.63. The van der Waals surface area contributed by atoms with E-state index in [4.69, 9.17) is 22.1 Å². The van der Waals surface area contributed by atoms with Gasteiger partial charge in [0.15, 0.2) is 11.6 Å². The summed E-state index contributed by atoms with van der Waals surface area (Å²) in [5.74, 6) is -0.238. The molecule has 3 nitrogen and oxygen atoms in total. The number of rotatable bonds is 3. The highest BCUT2D eigenvalue weighted by Gasteiger charge is 2.05. The summed E-state index contributed by atoms with van der Waals surface area (Å²) in [6, 6.07) is 9.62. The molecule has 0 aromatic heterocycles. The summed E-state index contributed by atoms with van der Waals surface area (Å²) in [4.78, 5) is 0. The molecule has 0 aliphatic carbocycles. The molecule has 0 radical (unpaired) electrons. The van der Waals surface area contributed by atoms with E-state index in [0.29, 0.717) is 22.1 Å². The lowest BCUT2D eigenvalue weighted by Gasteiger charge is -2.10. The fraction of sp³-hybridized carbons (Fsp3) is 0.0769. The quantitative estimate of drug-likeness (QED) is 0.831. The lowest BCUT2D eigenvalue weighted by Crippen LogP contribution is -1.95. The molecule has 3 N–H and O–H groups in total. The van der Waals surface area contributed by atoms with Crippen molar-refractivity contribution in [2.75, 3.05) is 18.2 Å². The van der Waals surface area contributed by atoms with Crippen LogP contribution in [0.25, 0.3) is 0 Å². The summed E-state index contributed by atoms with van der Waals surface area (Å²) >= 11 is 6.04. The van der Waals surface area contributed by atoms with Gasteiger partial charge in [0, 0.05) is 17.4 Å². The van der Waals surface area contributed by atoms with Crippen molar-refractivity contribution in [3.63, 3.8) is 0 Å². The van der Waals surface area contributed by atoms with Gasteiger partial charge in [-0.25, -0.2) is 4.39 Å². The Kier molecular flexibility index (Phi) is 3.58. The number of anilines is 3. The number of nitrogen functional groups attached to an aromatic ring is 1. The predicted octanol–water partition coefficient (Wildman–Crippen LogP) is 3.81. The van der Waals surface area contributed by atoms with Gasteiger partial charge in [-0.3, -0.25) is 0 Å². The minimum Gasteiger partial charge on any atom is -0.494 e. The zero-order valence-electron chi connectivity index (χ0n) is 9.71. The molecule has 2 aromatic carbocycles. The first kappa shape index (κ1) is 12.5. The molecule has 0 spiro atoms. The Bertz CT molecular complexity index is 575. The average molecular weight is 267 g/mol. The SMILES string of the molecule is COc1cc(Nc2ccc(N)cc2Cl)ccc1F. The summed E-state index contributed by atoms with van der Waals surface area (Å²) in [6.07, 6.45) is 0.